The van der Waals surface area contributed by atoms with Gasteiger partial charge >= 0.3 is 0 Å². The van der Waals surface area contributed by atoms with Crippen LogP contribution < -0.4 is 0 Å². The average Bonchev–Trinajstić information content (AvgIpc) is 2.96. The van der Waals surface area contributed by atoms with Crippen molar-refractivity contribution in [1.82, 2.24) is 14.5 Å². The molecule has 0 saturated heterocycles. The van der Waals surface area contributed by atoms with Crippen LogP contribution in [0.15, 0.2) is 30.6 Å². The van der Waals surface area contributed by atoms with E-state index in [2.05, 4.69) is 4.98 Å². The van der Waals surface area contributed by atoms with Gasteiger partial charge in [-0.2, -0.15) is 0 Å². The molecule has 1 heterocycles. The Morgan fingerprint density at radius 2 is 1.96 bits per heavy atom. The largest absolute Gasteiger partial charge is 0.337 e. The van der Waals surface area contributed by atoms with Gasteiger partial charge in [-0.15, -0.1) is 0 Å². The van der Waals surface area contributed by atoms with E-state index in [1.807, 2.05) is 18.4 Å². The molecular weight excluding hydrogens is 300 g/mol. The molecule has 4 nitrogen and oxygen atoms in total. The zero-order chi connectivity index (χ0) is 17.1. The molecule has 1 atom stereocenters. The fourth-order valence-electron chi connectivity index (χ4n) is 2.42. The van der Waals surface area contributed by atoms with E-state index in [-0.39, 0.29) is 24.4 Å². The topological polar surface area (TPSA) is 38.1 Å². The number of imidazole rings is 1. The number of carbonyl (C=O) groups is 1. The number of benzene rings is 1. The molecule has 1 amide bonds. The highest BCUT2D eigenvalue weighted by Crippen LogP contribution is 2.21. The minimum absolute atomic E-state index is 0.123. The number of hydrogen-bond donors (Lipinski definition) is 0. The molecule has 0 aliphatic heterocycles. The number of aromatic nitrogens is 2. The highest BCUT2D eigenvalue weighted by Gasteiger charge is 2.20. The first-order valence-electron chi connectivity index (χ1n) is 7.53. The Labute approximate surface area is 134 Å². The van der Waals surface area contributed by atoms with Gasteiger partial charge in [0.1, 0.15) is 12.4 Å². The van der Waals surface area contributed by atoms with E-state index in [1.165, 1.54) is 11.0 Å². The zero-order valence-corrected chi connectivity index (χ0v) is 13.8. The van der Waals surface area contributed by atoms with Crippen LogP contribution in [0.3, 0.4) is 0 Å². The van der Waals surface area contributed by atoms with Crippen LogP contribution in [0.2, 0.25) is 0 Å². The van der Waals surface area contributed by atoms with Crippen LogP contribution >= 0.6 is 0 Å². The fraction of sp³-hybridized carbons (Fsp3) is 0.412. The summed E-state index contributed by atoms with van der Waals surface area (Å²) < 4.78 is 28.2. The lowest BCUT2D eigenvalue weighted by Gasteiger charge is -2.26. The number of amides is 1. The van der Waals surface area contributed by atoms with Gasteiger partial charge in [0.2, 0.25) is 5.91 Å². The number of rotatable bonds is 5. The number of hydrogen-bond acceptors (Lipinski definition) is 2. The smallest absolute Gasteiger partial charge is 0.242 e. The van der Waals surface area contributed by atoms with Gasteiger partial charge in [0.05, 0.1) is 6.04 Å². The Morgan fingerprint density at radius 1 is 1.26 bits per heavy atom. The summed E-state index contributed by atoms with van der Waals surface area (Å²) in [5, 5.41) is 0. The Bertz CT molecular complexity index is 697. The normalized spacial score (nSPS) is 12.5. The van der Waals surface area contributed by atoms with E-state index in [0.29, 0.717) is 5.56 Å². The first-order chi connectivity index (χ1) is 10.8. The van der Waals surface area contributed by atoms with Crippen molar-refractivity contribution in [2.24, 2.45) is 0 Å². The van der Waals surface area contributed by atoms with E-state index >= 15 is 0 Å². The summed E-state index contributed by atoms with van der Waals surface area (Å²) in [6.07, 6.45) is 3.44. The lowest BCUT2D eigenvalue weighted by molar-refractivity contribution is -0.132. The van der Waals surface area contributed by atoms with E-state index in [1.54, 1.807) is 26.4 Å². The number of likely N-dealkylation sites (N-methyl/N-ethyl adjacent to an activating group) is 1. The maximum atomic E-state index is 13.4. The van der Waals surface area contributed by atoms with Crippen LogP contribution in [0.4, 0.5) is 8.78 Å². The van der Waals surface area contributed by atoms with Gasteiger partial charge in [0.15, 0.2) is 11.6 Å². The van der Waals surface area contributed by atoms with Crippen molar-refractivity contribution in [2.45, 2.75) is 39.3 Å². The summed E-state index contributed by atoms with van der Waals surface area (Å²) in [7, 11) is 1.65. The minimum Gasteiger partial charge on any atom is -0.337 e. The molecule has 1 unspecified atom stereocenters. The maximum absolute atomic E-state index is 13.4. The van der Waals surface area contributed by atoms with Crippen molar-refractivity contribution >= 4 is 5.91 Å². The van der Waals surface area contributed by atoms with Gasteiger partial charge in [-0.05, 0) is 24.6 Å². The molecule has 6 heteroatoms. The van der Waals surface area contributed by atoms with Crippen LogP contribution in [-0.2, 0) is 11.3 Å². The van der Waals surface area contributed by atoms with Crippen LogP contribution in [-0.4, -0.2) is 27.4 Å². The van der Waals surface area contributed by atoms with Gasteiger partial charge in [-0.25, -0.2) is 13.8 Å². The van der Waals surface area contributed by atoms with Crippen LogP contribution in [0.25, 0.3) is 0 Å². The van der Waals surface area contributed by atoms with Gasteiger partial charge in [0, 0.05) is 25.4 Å². The van der Waals surface area contributed by atoms with Gasteiger partial charge < -0.3 is 9.47 Å². The third kappa shape index (κ3) is 3.75. The molecule has 124 valence electrons. The monoisotopic (exact) mass is 321 g/mol. The summed E-state index contributed by atoms with van der Waals surface area (Å²) >= 11 is 0. The Morgan fingerprint density at radius 3 is 2.57 bits per heavy atom. The molecule has 0 aliphatic carbocycles. The molecule has 1 aromatic carbocycles. The maximum Gasteiger partial charge on any atom is 0.242 e. The highest BCUT2D eigenvalue weighted by molar-refractivity contribution is 5.76. The van der Waals surface area contributed by atoms with Crippen LogP contribution in [0.5, 0.6) is 0 Å². The van der Waals surface area contributed by atoms with Crippen molar-refractivity contribution in [3.63, 3.8) is 0 Å². The molecule has 2 aromatic rings. The SMILES string of the molecule is CC(C)c1nccn1CC(=O)N(C)C(C)c1ccc(F)c(F)c1. The van der Waals surface area contributed by atoms with Crippen LogP contribution in [0.1, 0.15) is 44.1 Å². The lowest BCUT2D eigenvalue weighted by Crippen LogP contribution is -2.33. The van der Waals surface area contributed by atoms with Gasteiger partial charge in [0.25, 0.3) is 0 Å². The van der Waals surface area contributed by atoms with Crippen molar-refractivity contribution in [3.8, 4) is 0 Å². The Balaban J connectivity index is 2.12. The summed E-state index contributed by atoms with van der Waals surface area (Å²) in [5.41, 5.74) is 0.550. The van der Waals surface area contributed by atoms with Crippen molar-refractivity contribution in [3.05, 3.63) is 53.6 Å². The van der Waals surface area contributed by atoms with Gasteiger partial charge in [-0.3, -0.25) is 4.79 Å². The second kappa shape index (κ2) is 6.89. The second-order valence-electron chi connectivity index (χ2n) is 5.92. The molecule has 0 aliphatic rings. The molecule has 1 aromatic heterocycles. The predicted molar refractivity (Wildman–Crippen MR) is 83.9 cm³/mol. The number of halogens is 2. The van der Waals surface area contributed by atoms with E-state index in [9.17, 15) is 13.6 Å². The molecule has 0 radical (unpaired) electrons. The molecule has 0 saturated carbocycles. The van der Waals surface area contributed by atoms with Crippen molar-refractivity contribution in [2.75, 3.05) is 7.05 Å². The Hall–Kier alpha value is -2.24. The summed E-state index contributed by atoms with van der Waals surface area (Å²) in [4.78, 5) is 18.2. The van der Waals surface area contributed by atoms with E-state index < -0.39 is 11.6 Å². The number of nitrogens with zero attached hydrogens (tertiary/aromatic N) is 3. The molecule has 0 spiro atoms. The number of carbonyl (C=O) groups excluding carboxylic acids is 1. The lowest BCUT2D eigenvalue weighted by atomic mass is 10.1. The van der Waals surface area contributed by atoms with Crippen molar-refractivity contribution in [1.29, 1.82) is 0 Å². The fourth-order valence-corrected chi connectivity index (χ4v) is 2.42. The van der Waals surface area contributed by atoms with E-state index in [4.69, 9.17) is 0 Å². The molecule has 23 heavy (non-hydrogen) atoms. The quantitative estimate of drug-likeness (QED) is 0.845. The Kier molecular flexibility index (Phi) is 5.13. The first-order valence-corrected chi connectivity index (χ1v) is 7.53. The van der Waals surface area contributed by atoms with E-state index in [0.717, 1.165) is 18.0 Å². The van der Waals surface area contributed by atoms with Crippen molar-refractivity contribution < 1.29 is 13.6 Å². The standard InChI is InChI=1S/C17H21F2N3O/c1-11(2)17-20-7-8-22(17)10-16(23)21(4)12(3)13-5-6-14(18)15(19)9-13/h5-9,11-12H,10H2,1-4H3. The summed E-state index contributed by atoms with van der Waals surface area (Å²) in [5.74, 6) is -0.872. The second-order valence-corrected chi connectivity index (χ2v) is 5.92. The third-order valence-electron chi connectivity index (χ3n) is 3.97. The molecular formula is C17H21F2N3O. The summed E-state index contributed by atoms with van der Waals surface area (Å²) in [6.45, 7) is 5.97. The minimum atomic E-state index is -0.910. The summed E-state index contributed by atoms with van der Waals surface area (Å²) in [6, 6.07) is 3.33. The molecule has 2 rings (SSSR count). The molecule has 0 bridgehead atoms. The molecule has 0 N–H and O–H groups in total. The molecule has 0 fully saturated rings. The van der Waals surface area contributed by atoms with Gasteiger partial charge in [-0.1, -0.05) is 19.9 Å². The predicted octanol–water partition coefficient (Wildman–Crippen LogP) is 3.50. The average molecular weight is 321 g/mol. The third-order valence-corrected chi connectivity index (χ3v) is 3.97. The highest BCUT2D eigenvalue weighted by atomic mass is 19.2. The first kappa shape index (κ1) is 17.1. The zero-order valence-electron chi connectivity index (χ0n) is 13.8. The van der Waals surface area contributed by atoms with Crippen LogP contribution in [0, 0.1) is 11.6 Å².